The maximum absolute atomic E-state index is 11.4. The van der Waals surface area contributed by atoms with Crippen molar-refractivity contribution in [1.29, 1.82) is 0 Å². The van der Waals surface area contributed by atoms with Gasteiger partial charge in [-0.05, 0) is 34.1 Å². The second-order valence-corrected chi connectivity index (χ2v) is 5.06. The molecule has 0 spiro atoms. The molecule has 0 aliphatic carbocycles. The van der Waals surface area contributed by atoms with E-state index in [-0.39, 0.29) is 36.4 Å². The Morgan fingerprint density at radius 3 is 2.44 bits per heavy atom. The summed E-state index contributed by atoms with van der Waals surface area (Å²) in [6.45, 7) is 9.96. The molecule has 0 amide bonds. The molecule has 0 aromatic carbocycles. The molecule has 0 rings (SSSR count). The van der Waals surface area contributed by atoms with E-state index in [1.165, 1.54) is 0 Å². The molecule has 0 radical (unpaired) electrons. The SMILES string of the molecule is CCC(C)NC(N)=NCCC(=O)OC(C)(C)C.I. The topological polar surface area (TPSA) is 76.7 Å². The predicted octanol–water partition coefficient (Wildman–Crippen LogP) is 2.04. The number of nitrogens with one attached hydrogen (secondary N) is 1. The summed E-state index contributed by atoms with van der Waals surface area (Å²) in [6.07, 6.45) is 1.22. The van der Waals surface area contributed by atoms with Gasteiger partial charge in [-0.25, -0.2) is 0 Å². The van der Waals surface area contributed by atoms with Crippen LogP contribution < -0.4 is 11.1 Å². The van der Waals surface area contributed by atoms with Gasteiger partial charge in [0, 0.05) is 6.04 Å². The third-order valence-electron chi connectivity index (χ3n) is 2.02. The zero-order valence-electron chi connectivity index (χ0n) is 11.9. The van der Waals surface area contributed by atoms with Crippen LogP contribution in [-0.2, 0) is 9.53 Å². The Kier molecular flexibility index (Phi) is 10.3. The number of halogens is 1. The van der Waals surface area contributed by atoms with Gasteiger partial charge in [0.05, 0.1) is 13.0 Å². The molecule has 0 saturated heterocycles. The van der Waals surface area contributed by atoms with E-state index < -0.39 is 5.60 Å². The van der Waals surface area contributed by atoms with Crippen molar-refractivity contribution in [3.05, 3.63) is 0 Å². The molecule has 6 heteroatoms. The van der Waals surface area contributed by atoms with E-state index in [0.717, 1.165) is 6.42 Å². The van der Waals surface area contributed by atoms with Crippen molar-refractivity contribution in [1.82, 2.24) is 5.32 Å². The molecule has 0 fully saturated rings. The molecule has 0 bridgehead atoms. The monoisotopic (exact) mass is 371 g/mol. The van der Waals surface area contributed by atoms with Gasteiger partial charge < -0.3 is 15.8 Å². The molecule has 18 heavy (non-hydrogen) atoms. The third kappa shape index (κ3) is 11.9. The molecule has 0 saturated carbocycles. The lowest BCUT2D eigenvalue weighted by molar-refractivity contribution is -0.154. The summed E-state index contributed by atoms with van der Waals surface area (Å²) in [5.74, 6) is 0.125. The molecular weight excluding hydrogens is 345 g/mol. The number of aliphatic imine (C=N–C) groups is 1. The van der Waals surface area contributed by atoms with Gasteiger partial charge in [0.15, 0.2) is 5.96 Å². The normalized spacial score (nSPS) is 13.5. The average molecular weight is 371 g/mol. The lowest BCUT2D eigenvalue weighted by Crippen LogP contribution is -2.38. The van der Waals surface area contributed by atoms with Gasteiger partial charge in [-0.1, -0.05) is 6.92 Å². The molecular formula is C12H26IN3O2. The van der Waals surface area contributed by atoms with Crippen LogP contribution in [0.5, 0.6) is 0 Å². The van der Waals surface area contributed by atoms with Crippen LogP contribution in [0, 0.1) is 0 Å². The van der Waals surface area contributed by atoms with E-state index in [2.05, 4.69) is 17.2 Å². The summed E-state index contributed by atoms with van der Waals surface area (Å²) in [4.78, 5) is 15.4. The van der Waals surface area contributed by atoms with Crippen molar-refractivity contribution in [3.63, 3.8) is 0 Å². The predicted molar refractivity (Wildman–Crippen MR) is 85.3 cm³/mol. The maximum atomic E-state index is 11.4. The van der Waals surface area contributed by atoms with Gasteiger partial charge in [0.1, 0.15) is 5.60 Å². The second kappa shape index (κ2) is 9.41. The number of nitrogens with two attached hydrogens (primary N) is 1. The number of hydrogen-bond donors (Lipinski definition) is 2. The molecule has 0 aliphatic heterocycles. The quantitative estimate of drug-likeness (QED) is 0.336. The second-order valence-electron chi connectivity index (χ2n) is 5.06. The first-order chi connectivity index (χ1) is 7.74. The molecule has 1 unspecified atom stereocenters. The van der Waals surface area contributed by atoms with E-state index in [1.807, 2.05) is 27.7 Å². The molecule has 0 heterocycles. The van der Waals surface area contributed by atoms with Crippen LogP contribution in [0.1, 0.15) is 47.5 Å². The minimum Gasteiger partial charge on any atom is -0.460 e. The van der Waals surface area contributed by atoms with Crippen LogP contribution in [0.4, 0.5) is 0 Å². The van der Waals surface area contributed by atoms with Crippen LogP contribution in [-0.4, -0.2) is 30.1 Å². The number of carbonyl (C=O) groups is 1. The fourth-order valence-corrected chi connectivity index (χ4v) is 1.06. The van der Waals surface area contributed by atoms with Gasteiger partial charge >= 0.3 is 5.97 Å². The smallest absolute Gasteiger partial charge is 0.308 e. The Labute approximate surface area is 127 Å². The van der Waals surface area contributed by atoms with Gasteiger partial charge in [-0.15, -0.1) is 24.0 Å². The molecule has 0 aromatic rings. The molecule has 5 nitrogen and oxygen atoms in total. The van der Waals surface area contributed by atoms with E-state index >= 15 is 0 Å². The summed E-state index contributed by atoms with van der Waals surface area (Å²) >= 11 is 0. The van der Waals surface area contributed by atoms with Crippen LogP contribution in [0.25, 0.3) is 0 Å². The number of rotatable bonds is 5. The number of nitrogens with zero attached hydrogens (tertiary/aromatic N) is 1. The number of carbonyl (C=O) groups excluding carboxylic acids is 1. The fourth-order valence-electron chi connectivity index (χ4n) is 1.06. The average Bonchev–Trinajstić information content (AvgIpc) is 2.14. The molecule has 0 aromatic heterocycles. The zero-order chi connectivity index (χ0) is 13.5. The molecule has 1 atom stereocenters. The highest BCUT2D eigenvalue weighted by molar-refractivity contribution is 14.0. The Balaban J connectivity index is 0. The standard InChI is InChI=1S/C12H25N3O2.HI/c1-6-9(2)15-11(13)14-8-7-10(16)17-12(3,4)5;/h9H,6-8H2,1-5H3,(H3,13,14,15);1H. The van der Waals surface area contributed by atoms with E-state index in [4.69, 9.17) is 10.5 Å². The summed E-state index contributed by atoms with van der Waals surface area (Å²) in [7, 11) is 0. The van der Waals surface area contributed by atoms with Gasteiger partial charge in [-0.2, -0.15) is 0 Å². The minimum absolute atomic E-state index is 0. The third-order valence-corrected chi connectivity index (χ3v) is 2.02. The molecule has 3 N–H and O–H groups in total. The van der Waals surface area contributed by atoms with Gasteiger partial charge in [-0.3, -0.25) is 9.79 Å². The number of ether oxygens (including phenoxy) is 1. The van der Waals surface area contributed by atoms with E-state index in [0.29, 0.717) is 18.5 Å². The highest BCUT2D eigenvalue weighted by Crippen LogP contribution is 2.07. The molecule has 108 valence electrons. The summed E-state index contributed by atoms with van der Waals surface area (Å²) < 4.78 is 5.15. The lowest BCUT2D eigenvalue weighted by Gasteiger charge is -2.19. The highest BCUT2D eigenvalue weighted by Gasteiger charge is 2.15. The van der Waals surface area contributed by atoms with Crippen LogP contribution >= 0.6 is 24.0 Å². The Bertz CT molecular complexity index is 275. The van der Waals surface area contributed by atoms with Crippen LogP contribution in [0.2, 0.25) is 0 Å². The fraction of sp³-hybridized carbons (Fsp3) is 0.833. The van der Waals surface area contributed by atoms with Gasteiger partial charge in [0.2, 0.25) is 0 Å². The van der Waals surface area contributed by atoms with Crippen molar-refractivity contribution >= 4 is 35.9 Å². The van der Waals surface area contributed by atoms with E-state index in [1.54, 1.807) is 0 Å². The Morgan fingerprint density at radius 1 is 1.44 bits per heavy atom. The van der Waals surface area contributed by atoms with Crippen molar-refractivity contribution in [3.8, 4) is 0 Å². The van der Waals surface area contributed by atoms with Crippen molar-refractivity contribution < 1.29 is 9.53 Å². The van der Waals surface area contributed by atoms with Gasteiger partial charge in [0.25, 0.3) is 0 Å². The van der Waals surface area contributed by atoms with Crippen LogP contribution in [0.15, 0.2) is 4.99 Å². The first-order valence-electron chi connectivity index (χ1n) is 6.03. The van der Waals surface area contributed by atoms with Crippen molar-refractivity contribution in [2.75, 3.05) is 6.54 Å². The zero-order valence-corrected chi connectivity index (χ0v) is 14.3. The van der Waals surface area contributed by atoms with Crippen molar-refractivity contribution in [2.24, 2.45) is 10.7 Å². The Morgan fingerprint density at radius 2 is 2.00 bits per heavy atom. The summed E-state index contributed by atoms with van der Waals surface area (Å²) in [6, 6.07) is 0.292. The lowest BCUT2D eigenvalue weighted by atomic mass is 10.2. The first-order valence-corrected chi connectivity index (χ1v) is 6.03. The minimum atomic E-state index is -0.443. The number of esters is 1. The first kappa shape index (κ1) is 19.8. The Hall–Kier alpha value is -0.530. The van der Waals surface area contributed by atoms with Crippen LogP contribution in [0.3, 0.4) is 0 Å². The summed E-state index contributed by atoms with van der Waals surface area (Å²) in [5.41, 5.74) is 5.21. The highest BCUT2D eigenvalue weighted by atomic mass is 127. The van der Waals surface area contributed by atoms with Crippen molar-refractivity contribution in [2.45, 2.75) is 59.1 Å². The summed E-state index contributed by atoms with van der Waals surface area (Å²) in [5, 5.41) is 3.03. The maximum Gasteiger partial charge on any atom is 0.308 e. The largest absolute Gasteiger partial charge is 0.460 e. The molecule has 0 aliphatic rings. The number of guanidine groups is 1. The van der Waals surface area contributed by atoms with E-state index in [9.17, 15) is 4.79 Å². The number of hydrogen-bond acceptors (Lipinski definition) is 3.